The van der Waals surface area contributed by atoms with Crippen molar-refractivity contribution in [3.8, 4) is 0 Å². The first-order valence-electron chi connectivity index (χ1n) is 9.69. The van der Waals surface area contributed by atoms with E-state index < -0.39 is 0 Å². The van der Waals surface area contributed by atoms with Gasteiger partial charge in [0.15, 0.2) is 5.96 Å². The topological polar surface area (TPSA) is 69.2 Å². The van der Waals surface area contributed by atoms with Gasteiger partial charge < -0.3 is 20.3 Å². The number of benzene rings is 1. The monoisotopic (exact) mass is 375 g/mol. The maximum atomic E-state index is 11.8. The summed E-state index contributed by atoms with van der Waals surface area (Å²) >= 11 is 0. The number of nitrogens with zero attached hydrogens (tertiary/aromatic N) is 3. The fraction of sp³-hybridized carbons (Fsp3) is 0.600. The first kappa shape index (κ1) is 21.2. The summed E-state index contributed by atoms with van der Waals surface area (Å²) in [4.78, 5) is 20.5. The highest BCUT2D eigenvalue weighted by atomic mass is 16.5. The zero-order chi connectivity index (χ0) is 19.5. The third kappa shape index (κ3) is 7.56. The van der Waals surface area contributed by atoms with E-state index in [1.165, 1.54) is 11.1 Å². The summed E-state index contributed by atoms with van der Waals surface area (Å²) in [7, 11) is 3.50. The quantitative estimate of drug-likeness (QED) is 0.525. The van der Waals surface area contributed by atoms with Crippen molar-refractivity contribution >= 4 is 11.9 Å². The molecule has 27 heavy (non-hydrogen) atoms. The Hall–Kier alpha value is -2.12. The third-order valence-electron chi connectivity index (χ3n) is 4.47. The average molecular weight is 376 g/mol. The number of hydrogen-bond donors (Lipinski definition) is 2. The van der Waals surface area contributed by atoms with Crippen LogP contribution in [0, 0.1) is 0 Å². The molecule has 0 radical (unpaired) electrons. The Morgan fingerprint density at radius 3 is 2.56 bits per heavy atom. The zero-order valence-electron chi connectivity index (χ0n) is 16.8. The molecule has 0 unspecified atom stereocenters. The van der Waals surface area contributed by atoms with Gasteiger partial charge in [-0.1, -0.05) is 31.2 Å². The van der Waals surface area contributed by atoms with Crippen LogP contribution >= 0.6 is 0 Å². The number of carbonyl (C=O) groups excluding carboxylic acids is 1. The lowest BCUT2D eigenvalue weighted by Crippen LogP contribution is -2.43. The van der Waals surface area contributed by atoms with E-state index in [1.807, 2.05) is 0 Å². The first-order valence-corrected chi connectivity index (χ1v) is 9.69. The Morgan fingerprint density at radius 2 is 1.89 bits per heavy atom. The number of amides is 1. The molecular formula is C20H33N5O2. The lowest BCUT2D eigenvalue weighted by Gasteiger charge is -2.27. The Bertz CT molecular complexity index is 612. The number of ether oxygens (including phenoxy) is 1. The first-order chi connectivity index (χ1) is 13.1. The van der Waals surface area contributed by atoms with Crippen LogP contribution in [0.25, 0.3) is 0 Å². The number of carbonyl (C=O) groups is 1. The molecule has 1 aliphatic heterocycles. The van der Waals surface area contributed by atoms with E-state index in [4.69, 9.17) is 9.73 Å². The summed E-state index contributed by atoms with van der Waals surface area (Å²) in [6.45, 7) is 8.19. The van der Waals surface area contributed by atoms with Crippen molar-refractivity contribution in [1.29, 1.82) is 0 Å². The minimum absolute atomic E-state index is 0.0220. The van der Waals surface area contributed by atoms with Crippen LogP contribution in [0.15, 0.2) is 29.3 Å². The van der Waals surface area contributed by atoms with Gasteiger partial charge in [0.1, 0.15) is 0 Å². The summed E-state index contributed by atoms with van der Waals surface area (Å²) in [5.74, 6) is 0.696. The van der Waals surface area contributed by atoms with E-state index in [0.29, 0.717) is 12.5 Å². The van der Waals surface area contributed by atoms with E-state index in [0.717, 1.165) is 45.8 Å². The fourth-order valence-corrected chi connectivity index (χ4v) is 2.77. The molecule has 150 valence electrons. The Morgan fingerprint density at radius 1 is 1.19 bits per heavy atom. The van der Waals surface area contributed by atoms with E-state index >= 15 is 0 Å². The van der Waals surface area contributed by atoms with Crippen molar-refractivity contribution in [2.45, 2.75) is 26.4 Å². The second-order valence-electron chi connectivity index (χ2n) is 6.89. The summed E-state index contributed by atoms with van der Waals surface area (Å²) in [5, 5.41) is 6.40. The smallest absolute Gasteiger partial charge is 0.241 e. The van der Waals surface area contributed by atoms with Crippen LogP contribution in [-0.4, -0.2) is 75.2 Å². The molecule has 7 nitrogen and oxygen atoms in total. The molecule has 0 bridgehead atoms. The lowest BCUT2D eigenvalue weighted by molar-refractivity contribution is -0.127. The van der Waals surface area contributed by atoms with Crippen molar-refractivity contribution in [3.05, 3.63) is 35.4 Å². The molecule has 0 saturated carbocycles. The van der Waals surface area contributed by atoms with Crippen LogP contribution < -0.4 is 10.6 Å². The van der Waals surface area contributed by atoms with Crippen LogP contribution in [0.1, 0.15) is 24.5 Å². The molecule has 0 aromatic heterocycles. The molecule has 0 spiro atoms. The average Bonchev–Trinajstić information content (AvgIpc) is 2.69. The highest BCUT2D eigenvalue weighted by molar-refractivity contribution is 5.86. The predicted octanol–water partition coefficient (Wildman–Crippen LogP) is 1.05. The normalized spacial score (nSPS) is 15.4. The molecule has 2 rings (SSSR count). The van der Waals surface area contributed by atoms with Crippen molar-refractivity contribution in [1.82, 2.24) is 20.4 Å². The number of guanidine groups is 1. The Balaban J connectivity index is 2.01. The molecule has 1 amide bonds. The number of morpholine rings is 1. The summed E-state index contributed by atoms with van der Waals surface area (Å²) < 4.78 is 5.44. The maximum absolute atomic E-state index is 11.8. The largest absolute Gasteiger partial charge is 0.379 e. The van der Waals surface area contributed by atoms with Crippen LogP contribution in [0.3, 0.4) is 0 Å². The molecule has 1 heterocycles. The van der Waals surface area contributed by atoms with Crippen LogP contribution in [0.4, 0.5) is 0 Å². The summed E-state index contributed by atoms with van der Waals surface area (Å²) in [6, 6.07) is 8.42. The number of hydrogen-bond acceptors (Lipinski definition) is 4. The second kappa shape index (κ2) is 11.6. The second-order valence-corrected chi connectivity index (χ2v) is 6.89. The summed E-state index contributed by atoms with van der Waals surface area (Å²) in [5.41, 5.74) is 2.50. The van der Waals surface area contributed by atoms with Crippen LogP contribution in [0.5, 0.6) is 0 Å². The van der Waals surface area contributed by atoms with Crippen LogP contribution in [0.2, 0.25) is 0 Å². The van der Waals surface area contributed by atoms with Gasteiger partial charge >= 0.3 is 0 Å². The van der Waals surface area contributed by atoms with Crippen molar-refractivity contribution < 1.29 is 9.53 Å². The molecule has 1 fully saturated rings. The Kier molecular flexibility index (Phi) is 9.07. The predicted molar refractivity (Wildman–Crippen MR) is 109 cm³/mol. The van der Waals surface area contributed by atoms with Gasteiger partial charge in [-0.05, 0) is 17.5 Å². The minimum Gasteiger partial charge on any atom is -0.379 e. The van der Waals surface area contributed by atoms with Gasteiger partial charge in [-0.2, -0.15) is 0 Å². The minimum atomic E-state index is 0.0220. The molecule has 2 N–H and O–H groups in total. The number of likely N-dealkylation sites (N-methyl/N-ethyl adjacent to an activating group) is 1. The molecule has 1 aromatic rings. The van der Waals surface area contributed by atoms with Crippen molar-refractivity contribution in [2.24, 2.45) is 4.99 Å². The van der Waals surface area contributed by atoms with Crippen LogP contribution in [-0.2, 0) is 22.6 Å². The lowest BCUT2D eigenvalue weighted by atomic mass is 10.1. The number of nitrogens with one attached hydrogen (secondary N) is 2. The van der Waals surface area contributed by atoms with E-state index in [-0.39, 0.29) is 12.5 Å². The van der Waals surface area contributed by atoms with Crippen molar-refractivity contribution in [2.75, 3.05) is 53.5 Å². The van der Waals surface area contributed by atoms with Gasteiger partial charge in [0.25, 0.3) is 0 Å². The zero-order valence-corrected chi connectivity index (χ0v) is 16.8. The van der Waals surface area contributed by atoms with Gasteiger partial charge in [0.2, 0.25) is 5.91 Å². The molecule has 0 aliphatic carbocycles. The maximum Gasteiger partial charge on any atom is 0.241 e. The number of aliphatic imine (C=N–C) groups is 1. The highest BCUT2D eigenvalue weighted by Gasteiger charge is 2.13. The highest BCUT2D eigenvalue weighted by Crippen LogP contribution is 2.14. The molecule has 1 aromatic carbocycles. The Labute approximate surface area is 162 Å². The van der Waals surface area contributed by atoms with E-state index in [2.05, 4.69) is 46.7 Å². The molecule has 7 heteroatoms. The summed E-state index contributed by atoms with van der Waals surface area (Å²) in [6.07, 6.45) is 0.996. The molecule has 1 aliphatic rings. The van der Waals surface area contributed by atoms with Gasteiger partial charge in [0.05, 0.1) is 26.3 Å². The van der Waals surface area contributed by atoms with Gasteiger partial charge in [-0.25, -0.2) is 4.99 Å². The van der Waals surface area contributed by atoms with Gasteiger partial charge in [-0.3, -0.25) is 9.69 Å². The van der Waals surface area contributed by atoms with E-state index in [9.17, 15) is 4.79 Å². The third-order valence-corrected chi connectivity index (χ3v) is 4.47. The SMILES string of the molecule is CCCNC(=NCc1ccccc1CN1CCOCC1)NCC(=O)N(C)C. The van der Waals surface area contributed by atoms with Gasteiger partial charge in [-0.15, -0.1) is 0 Å². The van der Waals surface area contributed by atoms with Crippen molar-refractivity contribution in [3.63, 3.8) is 0 Å². The fourth-order valence-electron chi connectivity index (χ4n) is 2.77. The van der Waals surface area contributed by atoms with Gasteiger partial charge in [0, 0.05) is 40.3 Å². The molecular weight excluding hydrogens is 342 g/mol. The molecule has 1 saturated heterocycles. The standard InChI is InChI=1S/C20H33N5O2/c1-4-9-21-20(23-15-19(26)24(2)3)22-14-17-7-5-6-8-18(17)16-25-10-12-27-13-11-25/h5-8H,4,9-16H2,1-3H3,(H2,21,22,23). The molecule has 0 atom stereocenters. The number of rotatable bonds is 8. The van der Waals surface area contributed by atoms with E-state index in [1.54, 1.807) is 19.0 Å².